The minimum Gasteiger partial charge on any atom is -0.494 e. The lowest BCUT2D eigenvalue weighted by Crippen LogP contribution is -2.41. The number of nitrogens with one attached hydrogen (secondary N) is 1. The van der Waals surface area contributed by atoms with E-state index in [2.05, 4.69) is 24.1 Å². The summed E-state index contributed by atoms with van der Waals surface area (Å²) in [5.41, 5.74) is -0.0632. The number of carbonyl (C=O) groups excluding carboxylic acids is 1. The molecule has 136 valence electrons. The van der Waals surface area contributed by atoms with Gasteiger partial charge in [-0.1, -0.05) is 20.8 Å². The topological polar surface area (TPSA) is 50.8 Å². The monoisotopic (exact) mass is 336 g/mol. The van der Waals surface area contributed by atoms with E-state index in [1.54, 1.807) is 14.0 Å². The van der Waals surface area contributed by atoms with Gasteiger partial charge < -0.3 is 19.7 Å². The number of benzene rings is 1. The number of methoxy groups -OCH3 is 1. The lowest BCUT2D eigenvalue weighted by Gasteiger charge is -2.25. The van der Waals surface area contributed by atoms with Gasteiger partial charge in [0, 0.05) is 19.3 Å². The normalized spacial score (nSPS) is 13.6. The summed E-state index contributed by atoms with van der Waals surface area (Å²) in [6, 6.07) is 7.46. The minimum absolute atomic E-state index is 0.139. The predicted molar refractivity (Wildman–Crippen MR) is 98.7 cm³/mol. The highest BCUT2D eigenvalue weighted by Crippen LogP contribution is 2.20. The molecule has 1 N–H and O–H groups in total. The summed E-state index contributed by atoms with van der Waals surface area (Å²) in [5, 5.41) is 2.88. The first-order chi connectivity index (χ1) is 11.5. The molecule has 0 aliphatic carbocycles. The lowest BCUT2D eigenvalue weighted by atomic mass is 10.0. The number of ether oxygens (including phenoxy) is 2. The number of amides is 1. The second-order valence-corrected chi connectivity index (χ2v) is 6.00. The average molecular weight is 336 g/mol. The maximum absolute atomic E-state index is 12.2. The van der Waals surface area contributed by atoms with Gasteiger partial charge in [-0.2, -0.15) is 0 Å². The second kappa shape index (κ2) is 10.3. The number of hydrogen-bond acceptors (Lipinski definition) is 4. The van der Waals surface area contributed by atoms with Crippen LogP contribution in [0.4, 0.5) is 5.69 Å². The van der Waals surface area contributed by atoms with Gasteiger partial charge in [0.25, 0.3) is 5.91 Å². The maximum atomic E-state index is 12.2. The Morgan fingerprint density at radius 3 is 2.29 bits per heavy atom. The highest BCUT2D eigenvalue weighted by molar-refractivity contribution is 5.97. The third-order valence-corrected chi connectivity index (χ3v) is 4.50. The van der Waals surface area contributed by atoms with Crippen molar-refractivity contribution in [3.8, 4) is 5.75 Å². The van der Waals surface area contributed by atoms with E-state index in [0.29, 0.717) is 13.0 Å². The van der Waals surface area contributed by atoms with Gasteiger partial charge in [-0.15, -0.1) is 0 Å². The van der Waals surface area contributed by atoms with Crippen molar-refractivity contribution >= 4 is 11.6 Å². The predicted octanol–water partition coefficient (Wildman–Crippen LogP) is 3.55. The first-order valence-corrected chi connectivity index (χ1v) is 8.80. The Morgan fingerprint density at radius 2 is 1.79 bits per heavy atom. The van der Waals surface area contributed by atoms with Crippen LogP contribution in [0.3, 0.4) is 0 Å². The van der Waals surface area contributed by atoms with Crippen LogP contribution in [0.15, 0.2) is 24.3 Å². The summed E-state index contributed by atoms with van der Waals surface area (Å²) in [4.78, 5) is 14.6. The highest BCUT2D eigenvalue weighted by atomic mass is 16.5. The van der Waals surface area contributed by atoms with Crippen molar-refractivity contribution in [2.24, 2.45) is 0 Å². The van der Waals surface area contributed by atoms with Crippen LogP contribution in [0.5, 0.6) is 5.75 Å². The average Bonchev–Trinajstić information content (AvgIpc) is 2.62. The van der Waals surface area contributed by atoms with Crippen LogP contribution < -0.4 is 10.1 Å². The van der Waals surface area contributed by atoms with Gasteiger partial charge in [0.2, 0.25) is 0 Å². The van der Waals surface area contributed by atoms with E-state index in [0.717, 1.165) is 37.5 Å². The molecule has 0 aliphatic rings. The van der Waals surface area contributed by atoms with Crippen molar-refractivity contribution in [2.75, 3.05) is 38.7 Å². The molecular formula is C19H32N2O3. The van der Waals surface area contributed by atoms with Crippen LogP contribution in [-0.2, 0) is 9.53 Å². The fourth-order valence-electron chi connectivity index (χ4n) is 2.31. The first kappa shape index (κ1) is 20.5. The fraction of sp³-hybridized carbons (Fsp3) is 0.632. The Hall–Kier alpha value is -1.59. The summed E-state index contributed by atoms with van der Waals surface area (Å²) in [5.74, 6) is 0.679. The third kappa shape index (κ3) is 6.13. The number of carbonyl (C=O) groups is 1. The van der Waals surface area contributed by atoms with E-state index >= 15 is 0 Å². The Morgan fingerprint density at radius 1 is 1.17 bits per heavy atom. The van der Waals surface area contributed by atoms with E-state index in [-0.39, 0.29) is 5.91 Å². The largest absolute Gasteiger partial charge is 0.494 e. The molecule has 0 spiro atoms. The molecule has 0 fully saturated rings. The van der Waals surface area contributed by atoms with E-state index < -0.39 is 5.60 Å². The molecule has 0 heterocycles. The van der Waals surface area contributed by atoms with E-state index in [1.165, 1.54) is 0 Å². The van der Waals surface area contributed by atoms with Crippen molar-refractivity contribution in [1.82, 2.24) is 4.90 Å². The fourth-order valence-corrected chi connectivity index (χ4v) is 2.31. The van der Waals surface area contributed by atoms with E-state index in [1.807, 2.05) is 31.2 Å². The molecule has 1 rings (SSSR count). The summed E-state index contributed by atoms with van der Waals surface area (Å²) < 4.78 is 11.1. The molecule has 0 bridgehead atoms. The third-order valence-electron chi connectivity index (χ3n) is 4.50. The van der Waals surface area contributed by atoms with Crippen LogP contribution in [0.25, 0.3) is 0 Å². The van der Waals surface area contributed by atoms with Crippen molar-refractivity contribution in [3.63, 3.8) is 0 Å². The summed E-state index contributed by atoms with van der Waals surface area (Å²) in [6.07, 6.45) is 1.62. The molecule has 1 aromatic rings. The van der Waals surface area contributed by atoms with Gasteiger partial charge in [-0.05, 0) is 57.1 Å². The Balaban J connectivity index is 2.44. The number of rotatable bonds is 11. The lowest BCUT2D eigenvalue weighted by molar-refractivity contribution is -0.136. The van der Waals surface area contributed by atoms with Gasteiger partial charge >= 0.3 is 0 Å². The molecule has 1 aromatic carbocycles. The molecule has 0 saturated heterocycles. The molecule has 5 heteroatoms. The Bertz CT molecular complexity index is 480. The van der Waals surface area contributed by atoms with Crippen LogP contribution in [0.1, 0.15) is 40.5 Å². The zero-order valence-electron chi connectivity index (χ0n) is 15.7. The summed E-state index contributed by atoms with van der Waals surface area (Å²) in [7, 11) is 1.55. The van der Waals surface area contributed by atoms with Crippen LogP contribution in [0, 0.1) is 0 Å². The van der Waals surface area contributed by atoms with Crippen molar-refractivity contribution in [1.29, 1.82) is 0 Å². The quantitative estimate of drug-likeness (QED) is 0.628. The standard InChI is InChI=1S/C19H32N2O3/c1-6-19(4,23-5)18(22)20-16-10-12-17(13-11-16)24-15-9-14-21(7-2)8-3/h10-13H,6-9,14-15H2,1-5H3,(H,20,22). The highest BCUT2D eigenvalue weighted by Gasteiger charge is 2.30. The maximum Gasteiger partial charge on any atom is 0.256 e. The van der Waals surface area contributed by atoms with Crippen LogP contribution >= 0.6 is 0 Å². The summed E-state index contributed by atoms with van der Waals surface area (Å²) >= 11 is 0. The van der Waals surface area contributed by atoms with Crippen LogP contribution in [-0.4, -0.2) is 49.8 Å². The zero-order chi connectivity index (χ0) is 18.0. The van der Waals surface area contributed by atoms with Crippen molar-refractivity contribution in [2.45, 2.75) is 46.1 Å². The molecule has 1 atom stereocenters. The van der Waals surface area contributed by atoms with Gasteiger partial charge in [0.05, 0.1) is 6.61 Å². The zero-order valence-corrected chi connectivity index (χ0v) is 15.7. The first-order valence-electron chi connectivity index (χ1n) is 8.80. The summed E-state index contributed by atoms with van der Waals surface area (Å²) in [6.45, 7) is 11.9. The molecule has 1 amide bonds. The van der Waals surface area contributed by atoms with Crippen molar-refractivity contribution < 1.29 is 14.3 Å². The molecule has 5 nitrogen and oxygen atoms in total. The number of anilines is 1. The molecule has 0 aliphatic heterocycles. The van der Waals surface area contributed by atoms with E-state index in [4.69, 9.17) is 9.47 Å². The molecular weight excluding hydrogens is 304 g/mol. The van der Waals surface area contributed by atoms with Crippen LogP contribution in [0.2, 0.25) is 0 Å². The smallest absolute Gasteiger partial charge is 0.256 e. The van der Waals surface area contributed by atoms with Gasteiger partial charge in [-0.3, -0.25) is 4.79 Å². The van der Waals surface area contributed by atoms with Gasteiger partial charge in [-0.25, -0.2) is 0 Å². The molecule has 1 unspecified atom stereocenters. The number of nitrogens with zero attached hydrogens (tertiary/aromatic N) is 1. The molecule has 24 heavy (non-hydrogen) atoms. The Labute approximate surface area is 146 Å². The van der Waals surface area contributed by atoms with Gasteiger partial charge in [0.15, 0.2) is 0 Å². The SMILES string of the molecule is CCN(CC)CCCOc1ccc(NC(=O)C(C)(CC)OC)cc1. The molecule has 0 saturated carbocycles. The van der Waals surface area contributed by atoms with Crippen molar-refractivity contribution in [3.05, 3.63) is 24.3 Å². The molecule has 0 radical (unpaired) electrons. The Kier molecular flexibility index (Phi) is 8.79. The minimum atomic E-state index is -0.806. The number of hydrogen-bond donors (Lipinski definition) is 1. The second-order valence-electron chi connectivity index (χ2n) is 6.00. The molecule has 0 aromatic heterocycles. The van der Waals surface area contributed by atoms with Gasteiger partial charge in [0.1, 0.15) is 11.4 Å². The van der Waals surface area contributed by atoms with E-state index in [9.17, 15) is 4.79 Å².